The first kappa shape index (κ1) is 29.0. The van der Waals surface area contributed by atoms with E-state index in [0.29, 0.717) is 40.1 Å². The maximum absolute atomic E-state index is 13.3. The molecule has 2 aromatic carbocycles. The summed E-state index contributed by atoms with van der Waals surface area (Å²) in [4.78, 5) is 56.9. The van der Waals surface area contributed by atoms with E-state index in [1.54, 1.807) is 24.3 Å². The number of hydrogen-bond acceptors (Lipinski definition) is 9. The minimum atomic E-state index is -0.712. The average Bonchev–Trinajstić information content (AvgIpc) is 3.27. The van der Waals surface area contributed by atoms with Crippen LogP contribution < -0.4 is 9.64 Å². The monoisotopic (exact) mass is 583 g/mol. The molecule has 3 aromatic rings. The van der Waals surface area contributed by atoms with Gasteiger partial charge in [-0.15, -0.1) is 0 Å². The van der Waals surface area contributed by atoms with Crippen LogP contribution in [-0.4, -0.2) is 47.0 Å². The van der Waals surface area contributed by atoms with Crippen molar-refractivity contribution in [2.45, 2.75) is 49.8 Å². The van der Waals surface area contributed by atoms with Crippen molar-refractivity contribution < 1.29 is 28.7 Å². The first-order chi connectivity index (χ1) is 20.3. The van der Waals surface area contributed by atoms with Gasteiger partial charge in [0.1, 0.15) is 16.8 Å². The molecule has 1 saturated heterocycles. The number of ketones is 1. The third-order valence-corrected chi connectivity index (χ3v) is 8.45. The number of aromatic nitrogens is 1. The molecule has 10 heteroatoms. The molecule has 1 fully saturated rings. The van der Waals surface area contributed by atoms with Crippen molar-refractivity contribution in [3.8, 4) is 11.8 Å². The number of thioether (sulfide) groups is 1. The van der Waals surface area contributed by atoms with Crippen LogP contribution in [0.3, 0.4) is 0 Å². The second kappa shape index (κ2) is 12.6. The topological polar surface area (TPSA) is 127 Å². The van der Waals surface area contributed by atoms with Gasteiger partial charge in [0.05, 0.1) is 28.7 Å². The van der Waals surface area contributed by atoms with Crippen LogP contribution in [0.15, 0.2) is 59.6 Å². The molecule has 1 aliphatic carbocycles. The number of carbonyl (C=O) groups is 4. The summed E-state index contributed by atoms with van der Waals surface area (Å²) < 4.78 is 10.5. The Morgan fingerprint density at radius 2 is 1.79 bits per heavy atom. The van der Waals surface area contributed by atoms with Gasteiger partial charge >= 0.3 is 5.97 Å². The number of pyridine rings is 1. The summed E-state index contributed by atoms with van der Waals surface area (Å²) in [6.45, 7) is 4.12. The number of imide groups is 1. The molecule has 2 unspecified atom stereocenters. The van der Waals surface area contributed by atoms with Crippen LogP contribution in [-0.2, 0) is 27.2 Å². The summed E-state index contributed by atoms with van der Waals surface area (Å²) in [6.07, 6.45) is 2.69. The Morgan fingerprint density at radius 1 is 1.07 bits per heavy atom. The van der Waals surface area contributed by atoms with Gasteiger partial charge < -0.3 is 9.47 Å². The predicted molar refractivity (Wildman–Crippen MR) is 156 cm³/mol. The molecule has 0 radical (unpaired) electrons. The number of ether oxygens (including phenoxy) is 2. The van der Waals surface area contributed by atoms with Crippen LogP contribution in [0.4, 0.5) is 5.69 Å². The second-order valence-electron chi connectivity index (χ2n) is 10.3. The fourth-order valence-electron chi connectivity index (χ4n) is 5.05. The van der Waals surface area contributed by atoms with Crippen LogP contribution in [0.2, 0.25) is 0 Å². The van der Waals surface area contributed by atoms with Gasteiger partial charge in [-0.05, 0) is 92.3 Å². The lowest BCUT2D eigenvalue weighted by molar-refractivity contribution is -0.121. The fourth-order valence-corrected chi connectivity index (χ4v) is 6.14. The van der Waals surface area contributed by atoms with Crippen molar-refractivity contribution in [3.05, 3.63) is 82.5 Å². The molecule has 2 amide bonds. The summed E-state index contributed by atoms with van der Waals surface area (Å²) >= 11 is 1.15. The van der Waals surface area contributed by atoms with E-state index >= 15 is 0 Å². The highest BCUT2D eigenvalue weighted by atomic mass is 32.2. The number of esters is 1. The van der Waals surface area contributed by atoms with Crippen molar-refractivity contribution in [2.24, 2.45) is 5.92 Å². The molecule has 42 heavy (non-hydrogen) atoms. The van der Waals surface area contributed by atoms with Gasteiger partial charge in [0.2, 0.25) is 11.8 Å². The largest absolute Gasteiger partial charge is 0.494 e. The van der Waals surface area contributed by atoms with E-state index < -0.39 is 23.7 Å². The Bertz CT molecular complexity index is 1580. The number of hydrogen-bond donors (Lipinski definition) is 0. The van der Waals surface area contributed by atoms with Gasteiger partial charge in [-0.3, -0.25) is 14.4 Å². The number of benzene rings is 2. The first-order valence-electron chi connectivity index (χ1n) is 13.8. The van der Waals surface area contributed by atoms with Gasteiger partial charge in [0.25, 0.3) is 0 Å². The Labute approximate surface area is 247 Å². The molecule has 2 heterocycles. The lowest BCUT2D eigenvalue weighted by Crippen LogP contribution is -2.31. The van der Waals surface area contributed by atoms with E-state index in [4.69, 9.17) is 14.5 Å². The number of aryl methyl sites for hydroxylation is 1. The standard InChI is InChI=1S/C32H29N3O6S/c1-3-40-25-11-7-20(8-12-25)27(36)18-41-32(39)21-5-9-24(10-6-21)35-29(37)16-28(31(35)38)42-30-23(17-33)15-22-14-19(2)4-13-26(22)34-30/h5-12,15,19,28H,3-4,13-14,16,18H2,1-2H3. The number of nitriles is 1. The smallest absolute Gasteiger partial charge is 0.338 e. The SMILES string of the molecule is CCOc1ccc(C(=O)COC(=O)c2ccc(N3C(=O)CC(Sc4nc5c(cc4C#N)CC(C)CC5)C3=O)cc2)cc1. The highest BCUT2D eigenvalue weighted by Crippen LogP contribution is 2.36. The van der Waals surface area contributed by atoms with E-state index in [0.717, 1.165) is 47.2 Å². The number of carbonyl (C=O) groups excluding carboxylic acids is 4. The van der Waals surface area contributed by atoms with E-state index in [1.165, 1.54) is 24.3 Å². The molecule has 0 spiro atoms. The molecule has 0 N–H and O–H groups in total. The molecular formula is C32H29N3O6S. The van der Waals surface area contributed by atoms with E-state index in [-0.39, 0.29) is 23.7 Å². The summed E-state index contributed by atoms with van der Waals surface area (Å²) in [7, 11) is 0. The number of fused-ring (bicyclic) bond motifs is 1. The van der Waals surface area contributed by atoms with Crippen LogP contribution in [0.1, 0.15) is 64.2 Å². The van der Waals surface area contributed by atoms with Gasteiger partial charge in [-0.2, -0.15) is 5.26 Å². The molecule has 1 aliphatic heterocycles. The zero-order chi connectivity index (χ0) is 29.8. The normalized spacial score (nSPS) is 17.9. The van der Waals surface area contributed by atoms with Crippen LogP contribution >= 0.6 is 11.8 Å². The first-order valence-corrected chi connectivity index (χ1v) is 14.6. The number of nitrogens with zero attached hydrogens (tertiary/aromatic N) is 3. The highest BCUT2D eigenvalue weighted by molar-refractivity contribution is 8.00. The Morgan fingerprint density at radius 3 is 2.48 bits per heavy atom. The van der Waals surface area contributed by atoms with Crippen molar-refractivity contribution in [2.75, 3.05) is 18.1 Å². The molecule has 0 bridgehead atoms. The molecule has 1 aromatic heterocycles. The fraction of sp³-hybridized carbons (Fsp3) is 0.312. The minimum Gasteiger partial charge on any atom is -0.494 e. The van der Waals surface area contributed by atoms with E-state index in [9.17, 15) is 24.4 Å². The molecule has 2 atom stereocenters. The maximum Gasteiger partial charge on any atom is 0.338 e. The molecule has 9 nitrogen and oxygen atoms in total. The predicted octanol–water partition coefficient (Wildman–Crippen LogP) is 4.94. The van der Waals surface area contributed by atoms with Crippen molar-refractivity contribution in [1.82, 2.24) is 4.98 Å². The highest BCUT2D eigenvalue weighted by Gasteiger charge is 2.41. The lowest BCUT2D eigenvalue weighted by Gasteiger charge is -2.22. The van der Waals surface area contributed by atoms with Gasteiger partial charge in [-0.1, -0.05) is 18.7 Å². The van der Waals surface area contributed by atoms with Crippen LogP contribution in [0.5, 0.6) is 5.75 Å². The van der Waals surface area contributed by atoms with Crippen LogP contribution in [0.25, 0.3) is 0 Å². The van der Waals surface area contributed by atoms with Gasteiger partial charge in [0, 0.05) is 17.7 Å². The maximum atomic E-state index is 13.3. The second-order valence-corrected chi connectivity index (χ2v) is 11.5. The lowest BCUT2D eigenvalue weighted by atomic mass is 9.87. The van der Waals surface area contributed by atoms with E-state index in [2.05, 4.69) is 13.0 Å². The zero-order valence-corrected chi connectivity index (χ0v) is 24.1. The van der Waals surface area contributed by atoms with Gasteiger partial charge in [0.15, 0.2) is 12.4 Å². The van der Waals surface area contributed by atoms with Crippen molar-refractivity contribution in [3.63, 3.8) is 0 Å². The third-order valence-electron chi connectivity index (χ3n) is 7.26. The quantitative estimate of drug-likeness (QED) is 0.196. The van der Waals surface area contributed by atoms with Crippen LogP contribution in [0, 0.1) is 17.2 Å². The van der Waals surface area contributed by atoms with Crippen molar-refractivity contribution in [1.29, 1.82) is 5.26 Å². The Kier molecular flexibility index (Phi) is 8.69. The van der Waals surface area contributed by atoms with Gasteiger partial charge in [-0.25, -0.2) is 14.7 Å². The average molecular weight is 584 g/mol. The Balaban J connectivity index is 1.21. The third kappa shape index (κ3) is 6.21. The number of amides is 2. The molecule has 0 saturated carbocycles. The number of anilines is 1. The molecule has 5 rings (SSSR count). The molecule has 2 aliphatic rings. The summed E-state index contributed by atoms with van der Waals surface area (Å²) in [5, 5.41) is 9.46. The number of rotatable bonds is 9. The number of Topliss-reactive ketones (excluding diaryl/α,β-unsaturated/α-hetero) is 1. The Hall–Kier alpha value is -4.49. The summed E-state index contributed by atoms with van der Waals surface area (Å²) in [6, 6.07) is 16.5. The molecular weight excluding hydrogens is 554 g/mol. The molecule has 214 valence electrons. The zero-order valence-electron chi connectivity index (χ0n) is 23.3. The van der Waals surface area contributed by atoms with E-state index in [1.807, 2.05) is 13.0 Å². The summed E-state index contributed by atoms with van der Waals surface area (Å²) in [5.41, 5.74) is 3.33. The minimum absolute atomic E-state index is 0.0262. The van der Waals surface area contributed by atoms with Crippen molar-refractivity contribution >= 4 is 41.0 Å². The summed E-state index contributed by atoms with van der Waals surface area (Å²) in [5.74, 6) is -0.667.